The maximum atomic E-state index is 13.7. The molecular weight excluding hydrogens is 481 g/mol. The van der Waals surface area contributed by atoms with Gasteiger partial charge in [0.05, 0.1) is 23.4 Å². The largest absolute Gasteiger partial charge is 0.489 e. The first kappa shape index (κ1) is 24.1. The third kappa shape index (κ3) is 5.18. The minimum Gasteiger partial charge on any atom is -0.489 e. The van der Waals surface area contributed by atoms with E-state index in [-0.39, 0.29) is 17.7 Å². The molecule has 0 saturated heterocycles. The molecule has 186 valence electrons. The minimum absolute atomic E-state index is 0.0916. The van der Waals surface area contributed by atoms with E-state index in [4.69, 9.17) is 9.84 Å². The van der Waals surface area contributed by atoms with E-state index in [1.54, 1.807) is 47.1 Å². The highest BCUT2D eigenvalue weighted by Crippen LogP contribution is 2.38. The number of halogens is 3. The lowest BCUT2D eigenvalue weighted by Crippen LogP contribution is -2.06. The lowest BCUT2D eigenvalue weighted by atomic mass is 10.0. The molecule has 8 heteroatoms. The number of fused-ring (bicyclic) bond motifs is 1. The highest BCUT2D eigenvalue weighted by Gasteiger charge is 2.34. The normalized spacial score (nSPS) is 11.5. The molecular formula is C29H21F3N2O3. The van der Waals surface area contributed by atoms with E-state index in [0.29, 0.717) is 28.9 Å². The summed E-state index contributed by atoms with van der Waals surface area (Å²) in [5, 5.41) is 13.8. The molecule has 37 heavy (non-hydrogen) atoms. The van der Waals surface area contributed by atoms with Gasteiger partial charge in [0.2, 0.25) is 0 Å². The van der Waals surface area contributed by atoms with Crippen LogP contribution in [0.25, 0.3) is 22.2 Å². The second-order valence-electron chi connectivity index (χ2n) is 8.51. The van der Waals surface area contributed by atoms with Crippen molar-refractivity contribution in [2.45, 2.75) is 19.3 Å². The molecule has 0 aliphatic rings. The lowest BCUT2D eigenvalue weighted by Gasteiger charge is -2.11. The Kier molecular flexibility index (Phi) is 6.40. The van der Waals surface area contributed by atoms with Gasteiger partial charge in [-0.05, 0) is 53.6 Å². The van der Waals surface area contributed by atoms with E-state index in [1.807, 2.05) is 30.3 Å². The fourth-order valence-corrected chi connectivity index (χ4v) is 4.18. The molecule has 0 spiro atoms. The summed E-state index contributed by atoms with van der Waals surface area (Å²) in [5.41, 5.74) is 2.34. The molecule has 0 unspecified atom stereocenters. The Labute approximate surface area is 210 Å². The molecule has 1 heterocycles. The van der Waals surface area contributed by atoms with Crippen LogP contribution in [0.5, 0.6) is 5.75 Å². The molecule has 0 fully saturated rings. The number of nitrogens with zero attached hydrogens (tertiary/aromatic N) is 2. The van der Waals surface area contributed by atoms with Crippen molar-refractivity contribution < 1.29 is 27.8 Å². The zero-order valence-electron chi connectivity index (χ0n) is 19.4. The summed E-state index contributed by atoms with van der Waals surface area (Å²) in [4.78, 5) is 11.0. The topological polar surface area (TPSA) is 64.3 Å². The fourth-order valence-electron chi connectivity index (χ4n) is 4.18. The molecule has 0 aliphatic heterocycles. The van der Waals surface area contributed by atoms with Crippen LogP contribution in [0, 0.1) is 0 Å². The van der Waals surface area contributed by atoms with E-state index in [0.717, 1.165) is 17.2 Å². The van der Waals surface area contributed by atoms with Gasteiger partial charge in [0, 0.05) is 10.9 Å². The molecule has 1 N–H and O–H groups in total. The predicted octanol–water partition coefficient (Wildman–Crippen LogP) is 7.05. The van der Waals surface area contributed by atoms with Gasteiger partial charge in [-0.3, -0.25) is 4.68 Å². The van der Waals surface area contributed by atoms with Crippen LogP contribution in [0.15, 0.2) is 97.1 Å². The number of aromatic carboxylic acids is 1. The number of hydrogen-bond acceptors (Lipinski definition) is 3. The van der Waals surface area contributed by atoms with E-state index in [2.05, 4.69) is 5.10 Å². The van der Waals surface area contributed by atoms with E-state index < -0.39 is 17.7 Å². The van der Waals surface area contributed by atoms with Gasteiger partial charge in [0.25, 0.3) is 0 Å². The van der Waals surface area contributed by atoms with E-state index in [1.165, 1.54) is 18.2 Å². The van der Waals surface area contributed by atoms with Gasteiger partial charge in [-0.25, -0.2) is 4.79 Å². The van der Waals surface area contributed by atoms with Gasteiger partial charge in [0.15, 0.2) is 0 Å². The first-order chi connectivity index (χ1) is 17.8. The van der Waals surface area contributed by atoms with Crippen molar-refractivity contribution in [1.82, 2.24) is 9.78 Å². The number of alkyl halides is 3. The van der Waals surface area contributed by atoms with Crippen LogP contribution in [0.2, 0.25) is 0 Å². The summed E-state index contributed by atoms with van der Waals surface area (Å²) in [6.45, 7) is 0.551. The Morgan fingerprint density at radius 1 is 0.838 bits per heavy atom. The van der Waals surface area contributed by atoms with Crippen LogP contribution in [-0.2, 0) is 19.3 Å². The summed E-state index contributed by atoms with van der Waals surface area (Å²) in [5.74, 6) is -0.426. The SMILES string of the molecule is O=C(O)c1ccc(COc2ccc(-c3c4cccc(C(F)(F)F)c4nn3Cc3ccccc3)cc2)cc1. The number of hydrogen-bond donors (Lipinski definition) is 1. The van der Waals surface area contributed by atoms with Gasteiger partial charge < -0.3 is 9.84 Å². The number of carboxylic acid groups (broad SMARTS) is 1. The summed E-state index contributed by atoms with van der Waals surface area (Å²) in [6.07, 6.45) is -4.52. The monoisotopic (exact) mass is 502 g/mol. The van der Waals surface area contributed by atoms with Crippen molar-refractivity contribution in [3.63, 3.8) is 0 Å². The second kappa shape index (κ2) is 9.81. The van der Waals surface area contributed by atoms with E-state index in [9.17, 15) is 18.0 Å². The van der Waals surface area contributed by atoms with Crippen LogP contribution < -0.4 is 4.74 Å². The van der Waals surface area contributed by atoms with Crippen molar-refractivity contribution >= 4 is 16.9 Å². The van der Waals surface area contributed by atoms with Crippen LogP contribution in [0.3, 0.4) is 0 Å². The number of aromatic nitrogens is 2. The molecule has 0 bridgehead atoms. The average molecular weight is 502 g/mol. The molecule has 5 aromatic rings. The smallest absolute Gasteiger partial charge is 0.418 e. The summed E-state index contributed by atoms with van der Waals surface area (Å²) in [7, 11) is 0. The highest BCUT2D eigenvalue weighted by molar-refractivity contribution is 5.95. The molecule has 5 nitrogen and oxygen atoms in total. The van der Waals surface area contributed by atoms with E-state index >= 15 is 0 Å². The van der Waals surface area contributed by atoms with Crippen molar-refractivity contribution in [3.8, 4) is 17.0 Å². The van der Waals surface area contributed by atoms with Gasteiger partial charge in [0.1, 0.15) is 17.9 Å². The summed E-state index contributed by atoms with van der Waals surface area (Å²) < 4.78 is 48.6. The third-order valence-corrected chi connectivity index (χ3v) is 5.98. The summed E-state index contributed by atoms with van der Waals surface area (Å²) in [6, 6.07) is 27.0. The molecule has 0 saturated carbocycles. The zero-order chi connectivity index (χ0) is 26.0. The molecule has 0 aliphatic carbocycles. The Hall–Kier alpha value is -4.59. The first-order valence-electron chi connectivity index (χ1n) is 11.5. The second-order valence-corrected chi connectivity index (χ2v) is 8.51. The van der Waals surface area contributed by atoms with Crippen molar-refractivity contribution in [2.24, 2.45) is 0 Å². The first-order valence-corrected chi connectivity index (χ1v) is 11.5. The van der Waals surface area contributed by atoms with Crippen molar-refractivity contribution in [1.29, 1.82) is 0 Å². The maximum absolute atomic E-state index is 13.7. The Balaban J connectivity index is 1.47. The standard InChI is InChI=1S/C29H21F3N2O3/c30-29(31,32)25-8-4-7-24-26(25)33-34(17-19-5-2-1-3-6-19)27(24)21-13-15-23(16-14-21)37-18-20-9-11-22(12-10-20)28(35)36/h1-16H,17-18H2,(H,35,36). The average Bonchev–Trinajstić information content (AvgIpc) is 3.25. The van der Waals surface area contributed by atoms with Gasteiger partial charge in [-0.15, -0.1) is 0 Å². The third-order valence-electron chi connectivity index (χ3n) is 5.98. The number of carboxylic acids is 1. The van der Waals surface area contributed by atoms with Crippen LogP contribution >= 0.6 is 0 Å². The number of ether oxygens (including phenoxy) is 1. The highest BCUT2D eigenvalue weighted by atomic mass is 19.4. The molecule has 0 amide bonds. The quantitative estimate of drug-likeness (QED) is 0.259. The Morgan fingerprint density at radius 2 is 1.54 bits per heavy atom. The zero-order valence-corrected chi connectivity index (χ0v) is 19.4. The number of carbonyl (C=O) groups is 1. The van der Waals surface area contributed by atoms with Crippen LogP contribution in [0.4, 0.5) is 13.2 Å². The van der Waals surface area contributed by atoms with Gasteiger partial charge in [-0.1, -0.05) is 54.6 Å². The van der Waals surface area contributed by atoms with Gasteiger partial charge >= 0.3 is 12.1 Å². The van der Waals surface area contributed by atoms with Gasteiger partial charge in [-0.2, -0.15) is 18.3 Å². The molecule has 0 radical (unpaired) electrons. The molecule has 0 atom stereocenters. The molecule has 5 rings (SSSR count). The Bertz CT molecular complexity index is 1540. The predicted molar refractivity (Wildman–Crippen MR) is 133 cm³/mol. The van der Waals surface area contributed by atoms with Crippen LogP contribution in [0.1, 0.15) is 27.0 Å². The Morgan fingerprint density at radius 3 is 2.19 bits per heavy atom. The minimum atomic E-state index is -4.52. The number of rotatable bonds is 7. The molecule has 1 aromatic heterocycles. The molecule has 4 aromatic carbocycles. The van der Waals surface area contributed by atoms with Crippen molar-refractivity contribution in [2.75, 3.05) is 0 Å². The summed E-state index contributed by atoms with van der Waals surface area (Å²) >= 11 is 0. The van der Waals surface area contributed by atoms with Crippen molar-refractivity contribution in [3.05, 3.63) is 119 Å². The van der Waals surface area contributed by atoms with Crippen LogP contribution in [-0.4, -0.2) is 20.9 Å². The maximum Gasteiger partial charge on any atom is 0.418 e. The number of benzene rings is 4. The fraction of sp³-hybridized carbons (Fsp3) is 0.103. The lowest BCUT2D eigenvalue weighted by molar-refractivity contribution is -0.136.